The molecule has 1 atom stereocenters. The van der Waals surface area contributed by atoms with Crippen molar-refractivity contribution in [1.29, 1.82) is 0 Å². The van der Waals surface area contributed by atoms with Gasteiger partial charge in [0, 0.05) is 6.04 Å². The van der Waals surface area contributed by atoms with Gasteiger partial charge < -0.3 is 25.7 Å². The highest BCUT2D eigenvalue weighted by Gasteiger charge is 2.25. The van der Waals surface area contributed by atoms with E-state index in [0.29, 0.717) is 19.4 Å². The summed E-state index contributed by atoms with van der Waals surface area (Å²) in [5.41, 5.74) is 2.49. The highest BCUT2D eigenvalue weighted by Crippen LogP contribution is 2.42. The molecule has 1 aliphatic heterocycles. The van der Waals surface area contributed by atoms with Crippen molar-refractivity contribution >= 4 is 28.6 Å². The molecule has 5 nitrogen and oxygen atoms in total. The van der Waals surface area contributed by atoms with E-state index in [2.05, 4.69) is 5.32 Å². The minimum atomic E-state index is -0.289. The van der Waals surface area contributed by atoms with Gasteiger partial charge in [-0.15, -0.1) is 17.0 Å². The average molecular weight is 403 g/mol. The fraction of sp³-hybridized carbons (Fsp3) is 0.250. The van der Waals surface area contributed by atoms with E-state index in [-0.39, 0.29) is 51.0 Å². The van der Waals surface area contributed by atoms with Crippen molar-refractivity contribution in [2.75, 3.05) is 6.54 Å². The van der Waals surface area contributed by atoms with Crippen molar-refractivity contribution in [3.63, 3.8) is 0 Å². The molecule has 2 aromatic carbocycles. The second kappa shape index (κ2) is 6.86. The third kappa shape index (κ3) is 3.34. The van der Waals surface area contributed by atoms with Crippen LogP contribution in [-0.2, 0) is 12.8 Å². The average Bonchev–Trinajstić information content (AvgIpc) is 2.50. The summed E-state index contributed by atoms with van der Waals surface area (Å²) < 4.78 is 0. The lowest BCUT2D eigenvalue weighted by atomic mass is 9.89. The number of hydrogen-bond donors (Lipinski definition) is 5. The topological polar surface area (TPSA) is 93.0 Å². The molecule has 1 unspecified atom stereocenters. The zero-order chi connectivity index (χ0) is 15.9. The van der Waals surface area contributed by atoms with Gasteiger partial charge in [-0.05, 0) is 54.3 Å². The van der Waals surface area contributed by atoms with Gasteiger partial charge >= 0.3 is 0 Å². The number of nitrogens with one attached hydrogen (secondary N) is 1. The maximum absolute atomic E-state index is 9.79. The van der Waals surface area contributed by atoms with Crippen LogP contribution >= 0.6 is 28.6 Å². The van der Waals surface area contributed by atoms with E-state index < -0.39 is 0 Å². The van der Waals surface area contributed by atoms with Crippen LogP contribution in [0.5, 0.6) is 23.0 Å². The third-order valence-corrected chi connectivity index (χ3v) is 4.38. The minimum Gasteiger partial charge on any atom is -0.504 e. The molecule has 0 spiro atoms. The number of fused-ring (bicyclic) bond motifs is 1. The Hall–Kier alpha value is -1.63. The van der Waals surface area contributed by atoms with E-state index in [0.717, 1.165) is 16.7 Å². The van der Waals surface area contributed by atoms with Crippen LogP contribution in [0.2, 0.25) is 5.02 Å². The standard InChI is InChI=1S/C16H16ClNO4.BrH/c17-15-9-3-4-18-11(10(9)7-14(21)16(15)22)5-8-1-2-12(19)13(20)6-8;/h1-2,6-7,11,18-22H,3-5H2;1H. The van der Waals surface area contributed by atoms with Crippen molar-refractivity contribution < 1.29 is 20.4 Å². The van der Waals surface area contributed by atoms with Gasteiger partial charge in [-0.3, -0.25) is 0 Å². The van der Waals surface area contributed by atoms with Crippen LogP contribution in [-0.4, -0.2) is 27.0 Å². The number of phenolic OH excluding ortho intramolecular Hbond substituents is 4. The molecule has 0 amide bonds. The summed E-state index contributed by atoms with van der Waals surface area (Å²) in [6.45, 7) is 0.700. The molecule has 1 aliphatic rings. The van der Waals surface area contributed by atoms with Gasteiger partial charge in [0.1, 0.15) is 0 Å². The van der Waals surface area contributed by atoms with Crippen LogP contribution in [0, 0.1) is 0 Å². The first kappa shape index (κ1) is 17.7. The molecule has 0 fully saturated rings. The largest absolute Gasteiger partial charge is 0.504 e. The molecule has 1 heterocycles. The fourth-order valence-electron chi connectivity index (χ4n) is 2.85. The number of hydrogen-bond acceptors (Lipinski definition) is 5. The zero-order valence-electron chi connectivity index (χ0n) is 12.1. The molecule has 7 heteroatoms. The Bertz CT molecular complexity index is 739. The van der Waals surface area contributed by atoms with Crippen LogP contribution in [0.15, 0.2) is 24.3 Å². The molecule has 2 aromatic rings. The fourth-order valence-corrected chi connectivity index (χ4v) is 3.15. The van der Waals surface area contributed by atoms with E-state index in [9.17, 15) is 20.4 Å². The molecule has 0 aromatic heterocycles. The number of phenols is 4. The maximum Gasteiger partial charge on any atom is 0.176 e. The first-order valence-electron chi connectivity index (χ1n) is 6.95. The molecular weight excluding hydrogens is 386 g/mol. The van der Waals surface area contributed by atoms with E-state index in [4.69, 9.17) is 11.6 Å². The smallest absolute Gasteiger partial charge is 0.176 e. The minimum absolute atomic E-state index is 0. The van der Waals surface area contributed by atoms with Gasteiger partial charge in [-0.2, -0.15) is 0 Å². The number of halogens is 2. The van der Waals surface area contributed by atoms with Gasteiger partial charge in [0.05, 0.1) is 5.02 Å². The lowest BCUT2D eigenvalue weighted by molar-refractivity contribution is 0.397. The summed E-state index contributed by atoms with van der Waals surface area (Å²) in [6.07, 6.45) is 1.22. The molecule has 3 rings (SSSR count). The van der Waals surface area contributed by atoms with E-state index in [1.54, 1.807) is 6.07 Å². The van der Waals surface area contributed by atoms with Crippen LogP contribution < -0.4 is 5.32 Å². The lowest BCUT2D eigenvalue weighted by Crippen LogP contribution is -2.31. The van der Waals surface area contributed by atoms with E-state index in [1.165, 1.54) is 18.2 Å². The Labute approximate surface area is 148 Å². The van der Waals surface area contributed by atoms with Gasteiger partial charge in [0.15, 0.2) is 23.0 Å². The van der Waals surface area contributed by atoms with Crippen molar-refractivity contribution in [2.24, 2.45) is 0 Å². The molecule has 0 radical (unpaired) electrons. The summed E-state index contributed by atoms with van der Waals surface area (Å²) in [6, 6.07) is 6.10. The lowest BCUT2D eigenvalue weighted by Gasteiger charge is -2.28. The summed E-state index contributed by atoms with van der Waals surface area (Å²) in [4.78, 5) is 0. The predicted octanol–water partition coefficient (Wildman–Crippen LogP) is 3.17. The molecule has 0 saturated carbocycles. The summed E-state index contributed by atoms with van der Waals surface area (Å²) in [5, 5.41) is 42.0. The van der Waals surface area contributed by atoms with Crippen LogP contribution in [0.1, 0.15) is 22.7 Å². The highest BCUT2D eigenvalue weighted by molar-refractivity contribution is 8.93. The molecule has 0 aliphatic carbocycles. The van der Waals surface area contributed by atoms with Gasteiger partial charge in [-0.25, -0.2) is 0 Å². The van der Waals surface area contributed by atoms with Gasteiger partial charge in [-0.1, -0.05) is 17.7 Å². The Morgan fingerprint density at radius 1 is 1.04 bits per heavy atom. The predicted molar refractivity (Wildman–Crippen MR) is 93.0 cm³/mol. The van der Waals surface area contributed by atoms with Crippen molar-refractivity contribution in [1.82, 2.24) is 5.32 Å². The molecular formula is C16H17BrClNO4. The van der Waals surface area contributed by atoms with E-state index in [1.807, 2.05) is 0 Å². The molecule has 124 valence electrons. The Kier molecular flexibility index (Phi) is 5.29. The molecule has 5 N–H and O–H groups in total. The zero-order valence-corrected chi connectivity index (χ0v) is 14.6. The SMILES string of the molecule is Br.Oc1ccc(CC2NCCc3c2cc(O)c(O)c3Cl)cc1O. The number of aromatic hydroxyl groups is 4. The Morgan fingerprint density at radius 3 is 2.48 bits per heavy atom. The number of benzene rings is 2. The van der Waals surface area contributed by atoms with Crippen molar-refractivity contribution in [2.45, 2.75) is 18.9 Å². The quantitative estimate of drug-likeness (QED) is 0.498. The molecule has 23 heavy (non-hydrogen) atoms. The molecule has 0 bridgehead atoms. The second-order valence-corrected chi connectivity index (χ2v) is 5.79. The van der Waals surface area contributed by atoms with Crippen LogP contribution in [0.4, 0.5) is 0 Å². The first-order chi connectivity index (χ1) is 10.5. The first-order valence-corrected chi connectivity index (χ1v) is 7.32. The second-order valence-electron chi connectivity index (χ2n) is 5.41. The normalized spacial score (nSPS) is 16.5. The van der Waals surface area contributed by atoms with Crippen molar-refractivity contribution in [3.8, 4) is 23.0 Å². The Balaban J connectivity index is 0.00000192. The Morgan fingerprint density at radius 2 is 1.78 bits per heavy atom. The molecule has 0 saturated heterocycles. The maximum atomic E-state index is 9.79. The number of rotatable bonds is 2. The summed E-state index contributed by atoms with van der Waals surface area (Å²) >= 11 is 6.12. The van der Waals surface area contributed by atoms with Crippen LogP contribution in [0.3, 0.4) is 0 Å². The van der Waals surface area contributed by atoms with Crippen molar-refractivity contribution in [3.05, 3.63) is 46.0 Å². The van der Waals surface area contributed by atoms with Crippen LogP contribution in [0.25, 0.3) is 0 Å². The third-order valence-electron chi connectivity index (χ3n) is 3.98. The van der Waals surface area contributed by atoms with E-state index >= 15 is 0 Å². The van der Waals surface area contributed by atoms with Gasteiger partial charge in [0.2, 0.25) is 0 Å². The summed E-state index contributed by atoms with van der Waals surface area (Å²) in [7, 11) is 0. The monoisotopic (exact) mass is 401 g/mol. The highest BCUT2D eigenvalue weighted by atomic mass is 79.9. The van der Waals surface area contributed by atoms with Gasteiger partial charge in [0.25, 0.3) is 0 Å². The summed E-state index contributed by atoms with van der Waals surface area (Å²) in [5.74, 6) is -0.860.